The number of benzene rings is 1. The van der Waals surface area contributed by atoms with Gasteiger partial charge in [0.25, 0.3) is 11.6 Å². The van der Waals surface area contributed by atoms with Gasteiger partial charge in [-0.25, -0.2) is 9.07 Å². The second-order valence-corrected chi connectivity index (χ2v) is 8.18. The molecule has 0 bridgehead atoms. The summed E-state index contributed by atoms with van der Waals surface area (Å²) in [7, 11) is 0. The van der Waals surface area contributed by atoms with Crippen molar-refractivity contribution in [3.63, 3.8) is 0 Å². The molecule has 1 atom stereocenters. The maximum absolute atomic E-state index is 13.4. The maximum atomic E-state index is 13.4. The summed E-state index contributed by atoms with van der Waals surface area (Å²) in [5.41, 5.74) is 2.87. The molecule has 0 amide bonds. The number of oxazole rings is 1. The Labute approximate surface area is 179 Å². The minimum absolute atomic E-state index is 0.0744. The summed E-state index contributed by atoms with van der Waals surface area (Å²) in [6.07, 6.45) is 4.12. The Bertz CT molecular complexity index is 1130. The minimum Gasteiger partial charge on any atom is -0.424 e. The summed E-state index contributed by atoms with van der Waals surface area (Å²) in [6.45, 7) is 4.11. The highest BCUT2D eigenvalue weighted by Crippen LogP contribution is 2.22. The van der Waals surface area contributed by atoms with Crippen LogP contribution in [0.15, 0.2) is 33.5 Å². The third-order valence-electron chi connectivity index (χ3n) is 6.09. The highest BCUT2D eigenvalue weighted by Gasteiger charge is 2.23. The third-order valence-corrected chi connectivity index (χ3v) is 6.09. The molecule has 1 N–H and O–H groups in total. The molecule has 1 fully saturated rings. The van der Waals surface area contributed by atoms with Gasteiger partial charge in [-0.2, -0.15) is 10.1 Å². The van der Waals surface area contributed by atoms with Crippen LogP contribution >= 0.6 is 0 Å². The van der Waals surface area contributed by atoms with Crippen LogP contribution in [0.5, 0.6) is 0 Å². The minimum atomic E-state index is -0.329. The first-order valence-electron chi connectivity index (χ1n) is 10.9. The van der Waals surface area contributed by atoms with Crippen molar-refractivity contribution in [3.05, 3.63) is 51.7 Å². The van der Waals surface area contributed by atoms with E-state index < -0.39 is 0 Å². The lowest BCUT2D eigenvalue weighted by molar-refractivity contribution is 0.107. The number of aromatic nitrogens is 3. The van der Waals surface area contributed by atoms with Crippen molar-refractivity contribution in [1.29, 1.82) is 0 Å². The van der Waals surface area contributed by atoms with Gasteiger partial charge in [0, 0.05) is 43.2 Å². The summed E-state index contributed by atoms with van der Waals surface area (Å²) in [4.78, 5) is 19.2. The van der Waals surface area contributed by atoms with Crippen LogP contribution in [0.4, 0.5) is 10.4 Å². The Morgan fingerprint density at radius 3 is 3.10 bits per heavy atom. The van der Waals surface area contributed by atoms with Gasteiger partial charge in [-0.1, -0.05) is 6.42 Å². The van der Waals surface area contributed by atoms with Gasteiger partial charge in [0.15, 0.2) is 5.58 Å². The molecular weight excluding hydrogens is 401 g/mol. The van der Waals surface area contributed by atoms with Gasteiger partial charge in [0.2, 0.25) is 0 Å². The van der Waals surface area contributed by atoms with Crippen molar-refractivity contribution in [2.45, 2.75) is 44.9 Å². The highest BCUT2D eigenvalue weighted by atomic mass is 19.1. The fourth-order valence-electron chi connectivity index (χ4n) is 4.40. The molecule has 0 radical (unpaired) electrons. The molecule has 2 aliphatic rings. The van der Waals surface area contributed by atoms with Crippen LogP contribution in [0.1, 0.15) is 30.5 Å². The fraction of sp³-hybridized carbons (Fsp3) is 0.500. The Kier molecular flexibility index (Phi) is 5.69. The number of anilines is 1. The molecule has 2 aromatic heterocycles. The van der Waals surface area contributed by atoms with E-state index in [1.54, 1.807) is 16.8 Å². The van der Waals surface area contributed by atoms with Crippen molar-refractivity contribution < 1.29 is 13.5 Å². The fourth-order valence-corrected chi connectivity index (χ4v) is 4.40. The number of nitrogens with one attached hydrogen (secondary N) is 1. The number of nitrogens with zero attached hydrogens (tertiary/aromatic N) is 4. The Morgan fingerprint density at radius 2 is 2.16 bits per heavy atom. The quantitative estimate of drug-likeness (QED) is 0.647. The van der Waals surface area contributed by atoms with Gasteiger partial charge in [-0.15, -0.1) is 0 Å². The van der Waals surface area contributed by atoms with Crippen LogP contribution in [0.25, 0.3) is 11.1 Å². The molecule has 1 unspecified atom stereocenters. The third kappa shape index (κ3) is 4.47. The number of hydrogen-bond acceptors (Lipinski definition) is 7. The zero-order chi connectivity index (χ0) is 21.2. The molecule has 8 nitrogen and oxygen atoms in total. The average molecular weight is 427 g/mol. The molecule has 2 aliphatic heterocycles. The van der Waals surface area contributed by atoms with E-state index in [9.17, 15) is 9.18 Å². The molecule has 3 aromatic rings. The summed E-state index contributed by atoms with van der Waals surface area (Å²) in [6, 6.07) is 6.69. The molecule has 0 aliphatic carbocycles. The summed E-state index contributed by atoms with van der Waals surface area (Å²) < 4.78 is 26.0. The predicted molar refractivity (Wildman–Crippen MR) is 114 cm³/mol. The van der Waals surface area contributed by atoms with Crippen LogP contribution in [-0.4, -0.2) is 51.9 Å². The van der Waals surface area contributed by atoms with Crippen molar-refractivity contribution in [1.82, 2.24) is 19.7 Å². The molecule has 5 rings (SSSR count). The van der Waals surface area contributed by atoms with Gasteiger partial charge in [0.05, 0.1) is 25.5 Å². The van der Waals surface area contributed by atoms with Gasteiger partial charge in [-0.3, -0.25) is 9.69 Å². The predicted octanol–water partition coefficient (Wildman–Crippen LogP) is 2.56. The van der Waals surface area contributed by atoms with Gasteiger partial charge in [0.1, 0.15) is 11.3 Å². The first kappa shape index (κ1) is 20.1. The van der Waals surface area contributed by atoms with E-state index in [0.717, 1.165) is 43.6 Å². The number of likely N-dealkylation sites (tertiary alicyclic amines) is 1. The Morgan fingerprint density at radius 1 is 1.23 bits per heavy atom. The number of rotatable bonds is 6. The topological polar surface area (TPSA) is 85.4 Å². The number of ether oxygens (including phenoxy) is 1. The molecule has 0 spiro atoms. The molecule has 1 aromatic carbocycles. The molecule has 0 saturated carbocycles. The standard InChI is InChI=1S/C22H26FN5O3/c23-16-4-5-20-19(12-16)25-22(31-20)24-13-17-3-1-2-7-27(17)8-9-28-21(29)11-15-14-30-10-6-18(15)26-28/h4-5,11-12,17H,1-3,6-10,13-14H2,(H,24,25). The van der Waals surface area contributed by atoms with Crippen LogP contribution < -0.4 is 10.9 Å². The van der Waals surface area contributed by atoms with Crippen molar-refractivity contribution in [2.24, 2.45) is 0 Å². The molecule has 1 saturated heterocycles. The van der Waals surface area contributed by atoms with Crippen molar-refractivity contribution >= 4 is 17.1 Å². The van der Waals surface area contributed by atoms with E-state index in [-0.39, 0.29) is 11.4 Å². The van der Waals surface area contributed by atoms with Gasteiger partial charge >= 0.3 is 0 Å². The second-order valence-electron chi connectivity index (χ2n) is 8.18. The molecular formula is C22H26FN5O3. The largest absolute Gasteiger partial charge is 0.424 e. The van der Waals surface area contributed by atoms with E-state index in [2.05, 4.69) is 20.3 Å². The van der Waals surface area contributed by atoms with Gasteiger partial charge < -0.3 is 14.5 Å². The van der Waals surface area contributed by atoms with E-state index in [0.29, 0.717) is 49.5 Å². The zero-order valence-corrected chi connectivity index (χ0v) is 17.3. The zero-order valence-electron chi connectivity index (χ0n) is 17.3. The number of halogens is 1. The smallest absolute Gasteiger partial charge is 0.295 e. The highest BCUT2D eigenvalue weighted by molar-refractivity contribution is 5.74. The Balaban J connectivity index is 1.23. The van der Waals surface area contributed by atoms with E-state index in [1.165, 1.54) is 18.6 Å². The van der Waals surface area contributed by atoms with Gasteiger partial charge in [-0.05, 0) is 31.5 Å². The maximum Gasteiger partial charge on any atom is 0.295 e. The average Bonchev–Trinajstić information content (AvgIpc) is 3.18. The number of piperidine rings is 1. The molecule has 31 heavy (non-hydrogen) atoms. The molecule has 164 valence electrons. The first-order valence-corrected chi connectivity index (χ1v) is 10.9. The monoisotopic (exact) mass is 427 g/mol. The summed E-state index contributed by atoms with van der Waals surface area (Å²) >= 11 is 0. The van der Waals surface area contributed by atoms with Crippen LogP contribution in [0.3, 0.4) is 0 Å². The summed E-state index contributed by atoms with van der Waals surface area (Å²) in [5, 5.41) is 7.84. The SMILES string of the molecule is O=c1cc2c(nn1CCN1CCCCC1CNc1nc3cc(F)ccc3o1)CCOC2. The Hall–Kier alpha value is -2.78. The van der Waals surface area contributed by atoms with Crippen LogP contribution in [0, 0.1) is 5.82 Å². The first-order chi connectivity index (χ1) is 15.2. The number of hydrogen-bond donors (Lipinski definition) is 1. The summed E-state index contributed by atoms with van der Waals surface area (Å²) in [5.74, 6) is -0.329. The second kappa shape index (κ2) is 8.76. The van der Waals surface area contributed by atoms with E-state index in [1.807, 2.05) is 0 Å². The van der Waals surface area contributed by atoms with Crippen molar-refractivity contribution in [2.75, 3.05) is 31.6 Å². The molecule has 9 heteroatoms. The van der Waals surface area contributed by atoms with E-state index in [4.69, 9.17) is 9.15 Å². The normalized spacial score (nSPS) is 19.5. The van der Waals surface area contributed by atoms with E-state index >= 15 is 0 Å². The lowest BCUT2D eigenvalue weighted by Gasteiger charge is -2.35. The lowest BCUT2D eigenvalue weighted by atomic mass is 10.0. The lowest BCUT2D eigenvalue weighted by Crippen LogP contribution is -2.45. The van der Waals surface area contributed by atoms with Crippen LogP contribution in [0.2, 0.25) is 0 Å². The van der Waals surface area contributed by atoms with Crippen molar-refractivity contribution in [3.8, 4) is 0 Å². The van der Waals surface area contributed by atoms with Crippen LogP contribution in [-0.2, 0) is 24.3 Å². The number of fused-ring (bicyclic) bond motifs is 2. The molecule has 4 heterocycles.